The number of nitrogens with one attached hydrogen (secondary N) is 1. The average Bonchev–Trinajstić information content (AvgIpc) is 3.22. The molecule has 0 spiro atoms. The van der Waals surface area contributed by atoms with Gasteiger partial charge in [-0.15, -0.1) is 0 Å². The maximum Gasteiger partial charge on any atom is 0.225 e. The minimum Gasteiger partial charge on any atom is -0.383 e. The molecule has 0 bridgehead atoms. The normalized spacial score (nSPS) is 20.8. The SMILES string of the molecule is COCCNC(=O)C1CCN(C(=O)C2CC2)CC1. The minimum atomic E-state index is 0.0603. The van der Waals surface area contributed by atoms with Gasteiger partial charge in [-0.2, -0.15) is 0 Å². The molecule has 2 rings (SSSR count). The number of likely N-dealkylation sites (tertiary alicyclic amines) is 1. The lowest BCUT2D eigenvalue weighted by atomic mass is 9.95. The van der Waals surface area contributed by atoms with Gasteiger partial charge in [-0.05, 0) is 25.7 Å². The van der Waals surface area contributed by atoms with Gasteiger partial charge in [0.15, 0.2) is 0 Å². The molecule has 0 aromatic heterocycles. The minimum absolute atomic E-state index is 0.0603. The quantitative estimate of drug-likeness (QED) is 0.722. The zero-order valence-corrected chi connectivity index (χ0v) is 11.0. The van der Waals surface area contributed by atoms with Crippen LogP contribution in [0.15, 0.2) is 0 Å². The Kier molecular flexibility index (Phi) is 4.58. The first-order valence-corrected chi connectivity index (χ1v) is 6.78. The number of ether oxygens (including phenoxy) is 1. The molecule has 0 aromatic carbocycles. The van der Waals surface area contributed by atoms with Crippen LogP contribution in [-0.2, 0) is 14.3 Å². The summed E-state index contributed by atoms with van der Waals surface area (Å²) >= 11 is 0. The van der Waals surface area contributed by atoms with Crippen LogP contribution in [0.1, 0.15) is 25.7 Å². The van der Waals surface area contributed by atoms with Crippen molar-refractivity contribution in [2.75, 3.05) is 33.4 Å². The van der Waals surface area contributed by atoms with Crippen molar-refractivity contribution in [2.45, 2.75) is 25.7 Å². The van der Waals surface area contributed by atoms with Crippen LogP contribution in [0.5, 0.6) is 0 Å². The number of hydrogen-bond acceptors (Lipinski definition) is 3. The zero-order valence-electron chi connectivity index (χ0n) is 11.0. The van der Waals surface area contributed by atoms with E-state index in [9.17, 15) is 9.59 Å². The second kappa shape index (κ2) is 6.18. The van der Waals surface area contributed by atoms with Crippen molar-refractivity contribution in [3.05, 3.63) is 0 Å². The van der Waals surface area contributed by atoms with Crippen molar-refractivity contribution >= 4 is 11.8 Å². The van der Waals surface area contributed by atoms with Crippen LogP contribution in [0.3, 0.4) is 0 Å². The standard InChI is InChI=1S/C13H22N2O3/c1-18-9-6-14-12(16)10-4-7-15(8-5-10)13(17)11-2-3-11/h10-11H,2-9H2,1H3,(H,14,16). The number of amides is 2. The summed E-state index contributed by atoms with van der Waals surface area (Å²) in [6, 6.07) is 0. The Morgan fingerprint density at radius 1 is 1.17 bits per heavy atom. The molecule has 1 saturated carbocycles. The van der Waals surface area contributed by atoms with Gasteiger partial charge < -0.3 is 15.0 Å². The van der Waals surface area contributed by atoms with E-state index < -0.39 is 0 Å². The Morgan fingerprint density at radius 2 is 1.83 bits per heavy atom. The van der Waals surface area contributed by atoms with Gasteiger partial charge in [0.25, 0.3) is 0 Å². The van der Waals surface area contributed by atoms with Crippen molar-refractivity contribution in [2.24, 2.45) is 11.8 Å². The second-order valence-corrected chi connectivity index (χ2v) is 5.16. The van der Waals surface area contributed by atoms with Crippen molar-refractivity contribution in [1.82, 2.24) is 10.2 Å². The number of hydrogen-bond donors (Lipinski definition) is 1. The van der Waals surface area contributed by atoms with Gasteiger partial charge >= 0.3 is 0 Å². The van der Waals surface area contributed by atoms with Crippen molar-refractivity contribution < 1.29 is 14.3 Å². The highest BCUT2D eigenvalue weighted by Crippen LogP contribution is 2.32. The Bertz CT molecular complexity index is 307. The summed E-state index contributed by atoms with van der Waals surface area (Å²) in [5.74, 6) is 0.751. The molecule has 1 aliphatic heterocycles. The lowest BCUT2D eigenvalue weighted by Crippen LogP contribution is -2.44. The molecule has 0 unspecified atom stereocenters. The highest BCUT2D eigenvalue weighted by Gasteiger charge is 2.35. The van der Waals surface area contributed by atoms with E-state index >= 15 is 0 Å². The van der Waals surface area contributed by atoms with E-state index in [1.54, 1.807) is 7.11 Å². The summed E-state index contributed by atoms with van der Waals surface area (Å²) in [7, 11) is 1.62. The van der Waals surface area contributed by atoms with Gasteiger partial charge in [0, 0.05) is 38.6 Å². The molecule has 102 valence electrons. The fourth-order valence-electron chi connectivity index (χ4n) is 2.37. The maximum atomic E-state index is 11.9. The molecule has 18 heavy (non-hydrogen) atoms. The van der Waals surface area contributed by atoms with E-state index in [-0.39, 0.29) is 17.7 Å². The first kappa shape index (κ1) is 13.3. The van der Waals surface area contributed by atoms with Crippen LogP contribution >= 0.6 is 0 Å². The van der Waals surface area contributed by atoms with Gasteiger partial charge in [-0.25, -0.2) is 0 Å². The largest absolute Gasteiger partial charge is 0.383 e. The Labute approximate surface area is 108 Å². The van der Waals surface area contributed by atoms with Crippen molar-refractivity contribution in [3.8, 4) is 0 Å². The molecule has 5 nitrogen and oxygen atoms in total. The number of nitrogens with zero attached hydrogens (tertiary/aromatic N) is 1. The lowest BCUT2D eigenvalue weighted by Gasteiger charge is -2.31. The van der Waals surface area contributed by atoms with Crippen LogP contribution in [0.2, 0.25) is 0 Å². The van der Waals surface area contributed by atoms with Crippen LogP contribution in [0, 0.1) is 11.8 Å². The smallest absolute Gasteiger partial charge is 0.225 e. The monoisotopic (exact) mass is 254 g/mol. The predicted octanol–water partition coefficient (Wildman–Crippen LogP) is 0.398. The highest BCUT2D eigenvalue weighted by molar-refractivity contribution is 5.82. The molecule has 0 atom stereocenters. The third-order valence-electron chi connectivity index (χ3n) is 3.71. The highest BCUT2D eigenvalue weighted by atomic mass is 16.5. The van der Waals surface area contributed by atoms with Crippen molar-refractivity contribution in [3.63, 3.8) is 0 Å². The fraction of sp³-hybridized carbons (Fsp3) is 0.846. The van der Waals surface area contributed by atoms with Crippen LogP contribution in [-0.4, -0.2) is 50.1 Å². The summed E-state index contributed by atoms with van der Waals surface area (Å²) in [6.07, 6.45) is 3.68. The molecule has 2 fully saturated rings. The maximum absolute atomic E-state index is 11.9. The van der Waals surface area contributed by atoms with E-state index in [1.807, 2.05) is 4.90 Å². The molecule has 0 radical (unpaired) electrons. The van der Waals surface area contributed by atoms with Crippen molar-refractivity contribution in [1.29, 1.82) is 0 Å². The Hall–Kier alpha value is -1.10. The summed E-state index contributed by atoms with van der Waals surface area (Å²) in [4.78, 5) is 25.6. The van der Waals surface area contributed by atoms with E-state index in [0.29, 0.717) is 19.1 Å². The average molecular weight is 254 g/mol. The topological polar surface area (TPSA) is 58.6 Å². The van der Waals surface area contributed by atoms with Crippen LogP contribution in [0.4, 0.5) is 0 Å². The molecular weight excluding hydrogens is 232 g/mol. The van der Waals surface area contributed by atoms with E-state index in [2.05, 4.69) is 5.32 Å². The molecular formula is C13H22N2O3. The summed E-state index contributed by atoms with van der Waals surface area (Å²) in [5.41, 5.74) is 0. The van der Waals surface area contributed by atoms with Gasteiger partial charge in [-0.3, -0.25) is 9.59 Å². The Morgan fingerprint density at radius 3 is 2.39 bits per heavy atom. The van der Waals surface area contributed by atoms with E-state index in [1.165, 1.54) is 0 Å². The molecule has 1 heterocycles. The predicted molar refractivity (Wildman–Crippen MR) is 66.9 cm³/mol. The number of carbonyl (C=O) groups excluding carboxylic acids is 2. The fourth-order valence-corrected chi connectivity index (χ4v) is 2.37. The summed E-state index contributed by atoms with van der Waals surface area (Å²) in [5, 5.41) is 2.87. The molecule has 5 heteroatoms. The lowest BCUT2D eigenvalue weighted by molar-refractivity contribution is -0.136. The first-order chi connectivity index (χ1) is 8.72. The molecule has 0 aromatic rings. The van der Waals surface area contributed by atoms with Gasteiger partial charge in [0.1, 0.15) is 0 Å². The Balaban J connectivity index is 1.68. The first-order valence-electron chi connectivity index (χ1n) is 6.78. The zero-order chi connectivity index (χ0) is 13.0. The number of piperidine rings is 1. The summed E-state index contributed by atoms with van der Waals surface area (Å²) < 4.78 is 4.89. The van der Waals surface area contributed by atoms with Gasteiger partial charge in [0.2, 0.25) is 11.8 Å². The third-order valence-corrected chi connectivity index (χ3v) is 3.71. The number of rotatable bonds is 5. The number of methoxy groups -OCH3 is 1. The van der Waals surface area contributed by atoms with Crippen LogP contribution < -0.4 is 5.32 Å². The second-order valence-electron chi connectivity index (χ2n) is 5.16. The van der Waals surface area contributed by atoms with Crippen LogP contribution in [0.25, 0.3) is 0 Å². The third kappa shape index (κ3) is 3.45. The molecule has 1 aliphatic carbocycles. The molecule has 2 amide bonds. The molecule has 2 aliphatic rings. The molecule has 1 saturated heterocycles. The van der Waals surface area contributed by atoms with Gasteiger partial charge in [-0.1, -0.05) is 0 Å². The summed E-state index contributed by atoms with van der Waals surface area (Å²) in [6.45, 7) is 2.58. The van der Waals surface area contributed by atoms with E-state index in [0.717, 1.165) is 38.8 Å². The van der Waals surface area contributed by atoms with E-state index in [4.69, 9.17) is 4.74 Å². The molecule has 1 N–H and O–H groups in total. The number of carbonyl (C=O) groups is 2. The van der Waals surface area contributed by atoms with Gasteiger partial charge in [0.05, 0.1) is 6.61 Å².